The number of likely N-dealkylation sites (N-methyl/N-ethyl adjacent to an activating group) is 1. The van der Waals surface area contributed by atoms with Gasteiger partial charge in [0.15, 0.2) is 0 Å². The molecule has 2 bridgehead atoms. The highest BCUT2D eigenvalue weighted by atomic mass is 32.1. The smallest absolute Gasteiger partial charge is 0.263 e. The van der Waals surface area contributed by atoms with E-state index in [-0.39, 0.29) is 11.9 Å². The first-order chi connectivity index (χ1) is 15.0. The van der Waals surface area contributed by atoms with Crippen molar-refractivity contribution in [2.45, 2.75) is 77.3 Å². The molecule has 0 aromatic carbocycles. The SMILES string of the molecule is CC(CCC1C[C@H]2CCC[C@@H](C1)C2)NC(=O)c1sc2nc3c(cc2c1N)CN(C)CC3. The number of carbonyl (C=O) groups is 1. The molecule has 1 aliphatic heterocycles. The lowest BCUT2D eigenvalue weighted by molar-refractivity contribution is 0.0935. The number of amides is 1. The van der Waals surface area contributed by atoms with Gasteiger partial charge >= 0.3 is 0 Å². The highest BCUT2D eigenvalue weighted by Crippen LogP contribution is 2.44. The van der Waals surface area contributed by atoms with E-state index in [1.807, 2.05) is 0 Å². The molecule has 5 rings (SSSR count). The van der Waals surface area contributed by atoms with Crippen LogP contribution in [-0.4, -0.2) is 35.4 Å². The van der Waals surface area contributed by atoms with Crippen molar-refractivity contribution in [2.75, 3.05) is 19.3 Å². The molecule has 2 saturated carbocycles. The van der Waals surface area contributed by atoms with Crippen molar-refractivity contribution in [3.63, 3.8) is 0 Å². The maximum absolute atomic E-state index is 13.0. The Labute approximate surface area is 189 Å². The van der Waals surface area contributed by atoms with Gasteiger partial charge in [-0.1, -0.05) is 19.3 Å². The summed E-state index contributed by atoms with van der Waals surface area (Å²) < 4.78 is 0. The second-order valence-corrected chi connectivity index (χ2v) is 11.5. The van der Waals surface area contributed by atoms with Crippen molar-refractivity contribution in [1.82, 2.24) is 15.2 Å². The van der Waals surface area contributed by atoms with Crippen LogP contribution in [0.1, 0.15) is 79.2 Å². The topological polar surface area (TPSA) is 71.2 Å². The largest absolute Gasteiger partial charge is 0.397 e. The van der Waals surface area contributed by atoms with E-state index >= 15 is 0 Å². The Kier molecular flexibility index (Phi) is 5.95. The van der Waals surface area contributed by atoms with Crippen molar-refractivity contribution in [3.8, 4) is 0 Å². The van der Waals surface area contributed by atoms with Crippen molar-refractivity contribution in [3.05, 3.63) is 22.2 Å². The minimum atomic E-state index is -0.0383. The van der Waals surface area contributed by atoms with Crippen LogP contribution in [0.2, 0.25) is 0 Å². The summed E-state index contributed by atoms with van der Waals surface area (Å²) in [4.78, 5) is 21.7. The third-order valence-corrected chi connectivity index (χ3v) is 8.99. The first kappa shape index (κ1) is 21.2. The van der Waals surface area contributed by atoms with E-state index in [4.69, 9.17) is 10.7 Å². The van der Waals surface area contributed by atoms with Gasteiger partial charge in [0, 0.05) is 36.6 Å². The van der Waals surface area contributed by atoms with E-state index in [9.17, 15) is 4.79 Å². The van der Waals surface area contributed by atoms with Gasteiger partial charge in [-0.05, 0) is 75.5 Å². The van der Waals surface area contributed by atoms with Crippen molar-refractivity contribution >= 4 is 33.1 Å². The zero-order chi connectivity index (χ0) is 21.5. The van der Waals surface area contributed by atoms with Gasteiger partial charge in [-0.2, -0.15) is 0 Å². The molecule has 2 unspecified atom stereocenters. The lowest BCUT2D eigenvalue weighted by Gasteiger charge is -2.39. The summed E-state index contributed by atoms with van der Waals surface area (Å²) in [6.07, 6.45) is 11.9. The van der Waals surface area contributed by atoms with Crippen molar-refractivity contribution in [2.24, 2.45) is 17.8 Å². The highest BCUT2D eigenvalue weighted by Gasteiger charge is 2.31. The molecule has 0 spiro atoms. The molecule has 2 aromatic heterocycles. The molecule has 2 aliphatic carbocycles. The number of rotatable bonds is 5. The fourth-order valence-electron chi connectivity index (χ4n) is 6.26. The quantitative estimate of drug-likeness (QED) is 0.688. The van der Waals surface area contributed by atoms with Gasteiger partial charge in [0.05, 0.1) is 5.69 Å². The second-order valence-electron chi connectivity index (χ2n) is 10.5. The molecule has 2 aromatic rings. The molecule has 3 heterocycles. The van der Waals surface area contributed by atoms with Crippen LogP contribution in [0.15, 0.2) is 6.07 Å². The second kappa shape index (κ2) is 8.70. The van der Waals surface area contributed by atoms with Gasteiger partial charge in [-0.25, -0.2) is 4.98 Å². The monoisotopic (exact) mass is 440 g/mol. The maximum Gasteiger partial charge on any atom is 0.263 e. The summed E-state index contributed by atoms with van der Waals surface area (Å²) >= 11 is 1.44. The van der Waals surface area contributed by atoms with Crippen LogP contribution in [0.4, 0.5) is 5.69 Å². The van der Waals surface area contributed by atoms with Crippen LogP contribution in [-0.2, 0) is 13.0 Å². The van der Waals surface area contributed by atoms with E-state index in [1.54, 1.807) is 0 Å². The minimum Gasteiger partial charge on any atom is -0.397 e. The predicted octanol–water partition coefficient (Wildman–Crippen LogP) is 4.98. The average Bonchev–Trinajstić information content (AvgIpc) is 3.06. The molecule has 3 aliphatic rings. The lowest BCUT2D eigenvalue weighted by atomic mass is 9.67. The molecular weight excluding hydrogens is 404 g/mol. The molecule has 168 valence electrons. The molecule has 2 fully saturated rings. The number of nitrogens with zero attached hydrogens (tertiary/aromatic N) is 2. The highest BCUT2D eigenvalue weighted by molar-refractivity contribution is 7.21. The number of thiophene rings is 1. The fraction of sp³-hybridized carbons (Fsp3) is 0.680. The molecule has 3 N–H and O–H groups in total. The van der Waals surface area contributed by atoms with E-state index in [0.717, 1.165) is 59.6 Å². The first-order valence-electron chi connectivity index (χ1n) is 12.2. The molecule has 0 saturated heterocycles. The molecule has 1 amide bonds. The Morgan fingerprint density at radius 3 is 2.87 bits per heavy atom. The Morgan fingerprint density at radius 1 is 1.32 bits per heavy atom. The van der Waals surface area contributed by atoms with Crippen LogP contribution in [0, 0.1) is 17.8 Å². The van der Waals surface area contributed by atoms with Crippen LogP contribution < -0.4 is 11.1 Å². The number of aromatic nitrogens is 1. The summed E-state index contributed by atoms with van der Waals surface area (Å²) in [5.74, 6) is 2.76. The van der Waals surface area contributed by atoms with Crippen LogP contribution in [0.25, 0.3) is 10.2 Å². The molecule has 0 radical (unpaired) electrons. The normalized spacial score (nSPS) is 27.1. The molecule has 6 heteroatoms. The average molecular weight is 441 g/mol. The Bertz CT molecular complexity index is 958. The van der Waals surface area contributed by atoms with Gasteiger partial charge in [-0.3, -0.25) is 4.79 Å². The zero-order valence-electron chi connectivity index (χ0n) is 19.0. The molecule has 4 atom stereocenters. The maximum atomic E-state index is 13.0. The molecule has 31 heavy (non-hydrogen) atoms. The van der Waals surface area contributed by atoms with E-state index in [2.05, 4.69) is 30.3 Å². The number of hydrogen-bond acceptors (Lipinski definition) is 5. The van der Waals surface area contributed by atoms with Crippen LogP contribution in [0.3, 0.4) is 0 Å². The fourth-order valence-corrected chi connectivity index (χ4v) is 7.26. The Hall–Kier alpha value is -1.66. The third kappa shape index (κ3) is 4.47. The van der Waals surface area contributed by atoms with Gasteiger partial charge in [0.1, 0.15) is 9.71 Å². The van der Waals surface area contributed by atoms with Gasteiger partial charge in [0.2, 0.25) is 0 Å². The molecular formula is C25H36N4OS. The Morgan fingerprint density at radius 2 is 2.10 bits per heavy atom. The van der Waals surface area contributed by atoms with Gasteiger partial charge in [0.25, 0.3) is 5.91 Å². The number of anilines is 1. The summed E-state index contributed by atoms with van der Waals surface area (Å²) in [5, 5.41) is 4.16. The first-order valence-corrected chi connectivity index (χ1v) is 13.0. The summed E-state index contributed by atoms with van der Waals surface area (Å²) in [5.41, 5.74) is 9.41. The third-order valence-electron chi connectivity index (χ3n) is 7.88. The number of nitrogens with two attached hydrogens (primary N) is 1. The number of nitrogens with one attached hydrogen (secondary N) is 1. The lowest BCUT2D eigenvalue weighted by Crippen LogP contribution is -2.33. The standard InChI is InChI=1S/C25H36N4OS/c1-15(6-7-18-11-16-4-3-5-17(10-16)12-18)27-24(30)23-22(26)20-13-19-14-29(2)9-8-21(19)28-25(20)31-23/h13,15-18H,3-12,14,26H2,1-2H3,(H,27,30)/t15?,16-,17+,18?. The number of carbonyl (C=O) groups excluding carboxylic acids is 1. The number of fused-ring (bicyclic) bond motifs is 4. The Balaban J connectivity index is 1.22. The number of nitrogen functional groups attached to an aromatic ring is 1. The van der Waals surface area contributed by atoms with Crippen LogP contribution in [0.5, 0.6) is 0 Å². The van der Waals surface area contributed by atoms with Crippen molar-refractivity contribution < 1.29 is 4.79 Å². The number of pyridine rings is 1. The summed E-state index contributed by atoms with van der Waals surface area (Å²) in [6.45, 7) is 4.06. The van der Waals surface area contributed by atoms with E-state index in [1.165, 1.54) is 61.8 Å². The number of hydrogen-bond donors (Lipinski definition) is 2. The summed E-state index contributed by atoms with van der Waals surface area (Å²) in [7, 11) is 2.13. The van der Waals surface area contributed by atoms with Gasteiger partial charge < -0.3 is 16.0 Å². The minimum absolute atomic E-state index is 0.0383. The predicted molar refractivity (Wildman–Crippen MR) is 128 cm³/mol. The van der Waals surface area contributed by atoms with Crippen molar-refractivity contribution in [1.29, 1.82) is 0 Å². The van der Waals surface area contributed by atoms with E-state index < -0.39 is 0 Å². The van der Waals surface area contributed by atoms with Crippen LogP contribution >= 0.6 is 11.3 Å². The summed E-state index contributed by atoms with van der Waals surface area (Å²) in [6, 6.07) is 2.33. The van der Waals surface area contributed by atoms with E-state index in [0.29, 0.717) is 10.6 Å². The van der Waals surface area contributed by atoms with Gasteiger partial charge in [-0.15, -0.1) is 11.3 Å². The zero-order valence-corrected chi connectivity index (χ0v) is 19.8. The molecule has 5 nitrogen and oxygen atoms in total.